The van der Waals surface area contributed by atoms with Crippen molar-refractivity contribution in [3.63, 3.8) is 0 Å². The van der Waals surface area contributed by atoms with Gasteiger partial charge in [-0.15, -0.1) is 0 Å². The summed E-state index contributed by atoms with van der Waals surface area (Å²) in [4.78, 5) is 9.25. The molecule has 1 rings (SSSR count). The first kappa shape index (κ1) is 11.1. The summed E-state index contributed by atoms with van der Waals surface area (Å²) in [7, 11) is 0. The molecule has 1 fully saturated rings. The summed E-state index contributed by atoms with van der Waals surface area (Å²) in [5.74, 6) is -2.29. The first-order valence-corrected chi connectivity index (χ1v) is 3.78. The summed E-state index contributed by atoms with van der Waals surface area (Å²) >= 11 is 0. The molecule has 0 saturated heterocycles. The number of aliphatic carboxylic acids is 1. The van der Waals surface area contributed by atoms with E-state index in [1.807, 2.05) is 0 Å². The molecule has 12 heavy (non-hydrogen) atoms. The first-order valence-electron chi connectivity index (χ1n) is 3.78. The van der Waals surface area contributed by atoms with Crippen molar-refractivity contribution in [1.29, 1.82) is 0 Å². The molecule has 0 aromatic rings. The van der Waals surface area contributed by atoms with Gasteiger partial charge in [0.05, 0.1) is 0 Å². The van der Waals surface area contributed by atoms with Crippen LogP contribution in [-0.4, -0.2) is 27.1 Å². The minimum atomic E-state index is -1.31. The van der Waals surface area contributed by atoms with Gasteiger partial charge in [0.15, 0.2) is 5.79 Å². The van der Waals surface area contributed by atoms with Gasteiger partial charge in [-0.2, -0.15) is 0 Å². The van der Waals surface area contributed by atoms with E-state index in [2.05, 4.69) is 6.58 Å². The molecule has 0 aliphatic heterocycles. The molecule has 1 saturated carbocycles. The zero-order valence-corrected chi connectivity index (χ0v) is 6.86. The number of carbonyl (C=O) groups is 1. The Morgan fingerprint density at radius 2 is 1.67 bits per heavy atom. The highest BCUT2D eigenvalue weighted by Gasteiger charge is 2.26. The third-order valence-electron chi connectivity index (χ3n) is 1.58. The standard InChI is InChI=1S/C5H10O2.C3H4O2/c6-5(7)3-1-2-4-5;1-2-3(4)5/h6-7H,1-4H2;2H,1H2,(H,4,5). The van der Waals surface area contributed by atoms with Crippen LogP contribution in [0.4, 0.5) is 0 Å². The van der Waals surface area contributed by atoms with Gasteiger partial charge in [0.25, 0.3) is 0 Å². The summed E-state index contributed by atoms with van der Waals surface area (Å²) < 4.78 is 0. The second kappa shape index (κ2) is 4.90. The lowest BCUT2D eigenvalue weighted by atomic mass is 10.2. The van der Waals surface area contributed by atoms with Crippen molar-refractivity contribution in [2.24, 2.45) is 0 Å². The Hall–Kier alpha value is -0.870. The minimum Gasteiger partial charge on any atom is -0.478 e. The fraction of sp³-hybridized carbons (Fsp3) is 0.625. The van der Waals surface area contributed by atoms with E-state index in [0.29, 0.717) is 12.8 Å². The Kier molecular flexibility index (Phi) is 4.54. The molecule has 4 nitrogen and oxygen atoms in total. The summed E-state index contributed by atoms with van der Waals surface area (Å²) in [5, 5.41) is 25.1. The van der Waals surface area contributed by atoms with Gasteiger partial charge >= 0.3 is 5.97 Å². The van der Waals surface area contributed by atoms with Gasteiger partial charge in [0, 0.05) is 18.9 Å². The Morgan fingerprint density at radius 3 is 1.75 bits per heavy atom. The SMILES string of the molecule is C=CC(=O)O.OC1(O)CCCC1. The van der Waals surface area contributed by atoms with E-state index in [9.17, 15) is 4.79 Å². The predicted molar refractivity (Wildman–Crippen MR) is 43.5 cm³/mol. The van der Waals surface area contributed by atoms with E-state index in [-0.39, 0.29) is 0 Å². The lowest BCUT2D eigenvalue weighted by Crippen LogP contribution is -2.21. The summed E-state index contributed by atoms with van der Waals surface area (Å²) in [6.07, 6.45) is 3.89. The van der Waals surface area contributed by atoms with E-state index in [1.54, 1.807) is 0 Å². The zero-order valence-electron chi connectivity index (χ0n) is 6.86. The van der Waals surface area contributed by atoms with Crippen molar-refractivity contribution in [2.45, 2.75) is 31.5 Å². The summed E-state index contributed by atoms with van der Waals surface area (Å²) in [5.41, 5.74) is 0. The maximum Gasteiger partial charge on any atom is 0.327 e. The third kappa shape index (κ3) is 5.88. The van der Waals surface area contributed by atoms with Gasteiger partial charge in [-0.05, 0) is 12.8 Å². The van der Waals surface area contributed by atoms with E-state index < -0.39 is 11.8 Å². The predicted octanol–water partition coefficient (Wildman–Crippen LogP) is 0.498. The Labute approximate surface area is 71.1 Å². The molecule has 0 amide bonds. The van der Waals surface area contributed by atoms with Crippen molar-refractivity contribution in [2.75, 3.05) is 0 Å². The molecule has 0 radical (unpaired) electrons. The molecule has 0 aromatic heterocycles. The monoisotopic (exact) mass is 174 g/mol. The maximum atomic E-state index is 9.25. The average molecular weight is 174 g/mol. The van der Waals surface area contributed by atoms with Crippen molar-refractivity contribution < 1.29 is 20.1 Å². The smallest absolute Gasteiger partial charge is 0.327 e. The van der Waals surface area contributed by atoms with E-state index in [1.165, 1.54) is 0 Å². The van der Waals surface area contributed by atoms with Crippen molar-refractivity contribution in [1.82, 2.24) is 0 Å². The van der Waals surface area contributed by atoms with Crippen LogP contribution in [0.25, 0.3) is 0 Å². The number of rotatable bonds is 1. The highest BCUT2D eigenvalue weighted by molar-refractivity contribution is 5.78. The summed E-state index contributed by atoms with van der Waals surface area (Å²) in [6.45, 7) is 2.96. The van der Waals surface area contributed by atoms with Crippen LogP contribution in [-0.2, 0) is 4.79 Å². The van der Waals surface area contributed by atoms with Crippen LogP contribution in [0.3, 0.4) is 0 Å². The maximum absolute atomic E-state index is 9.25. The molecule has 70 valence electrons. The number of aliphatic hydroxyl groups is 2. The van der Waals surface area contributed by atoms with Crippen molar-refractivity contribution in [3.05, 3.63) is 12.7 Å². The number of carboxylic acids is 1. The lowest BCUT2D eigenvalue weighted by Gasteiger charge is -2.11. The molecule has 0 heterocycles. The zero-order chi connectivity index (χ0) is 9.61. The molecule has 4 heteroatoms. The third-order valence-corrected chi connectivity index (χ3v) is 1.58. The normalized spacial score (nSPS) is 19.2. The fourth-order valence-electron chi connectivity index (χ4n) is 0.941. The number of hydrogen-bond acceptors (Lipinski definition) is 3. The second-order valence-electron chi connectivity index (χ2n) is 2.73. The van der Waals surface area contributed by atoms with Gasteiger partial charge in [-0.1, -0.05) is 6.58 Å². The quantitative estimate of drug-likeness (QED) is 0.399. The Bertz CT molecular complexity index is 154. The first-order chi connectivity index (χ1) is 5.48. The van der Waals surface area contributed by atoms with Gasteiger partial charge in [0.2, 0.25) is 0 Å². The van der Waals surface area contributed by atoms with Crippen molar-refractivity contribution >= 4 is 5.97 Å². The van der Waals surface area contributed by atoms with E-state index in [4.69, 9.17) is 15.3 Å². The fourth-order valence-corrected chi connectivity index (χ4v) is 0.941. The van der Waals surface area contributed by atoms with Crippen LogP contribution in [0.5, 0.6) is 0 Å². The topological polar surface area (TPSA) is 77.8 Å². The van der Waals surface area contributed by atoms with E-state index >= 15 is 0 Å². The molecular weight excluding hydrogens is 160 g/mol. The van der Waals surface area contributed by atoms with E-state index in [0.717, 1.165) is 18.9 Å². The second-order valence-corrected chi connectivity index (χ2v) is 2.73. The molecule has 3 N–H and O–H groups in total. The van der Waals surface area contributed by atoms with Crippen LogP contribution in [0.1, 0.15) is 25.7 Å². The molecule has 0 aromatic carbocycles. The highest BCUT2D eigenvalue weighted by Crippen LogP contribution is 2.25. The van der Waals surface area contributed by atoms with Crippen LogP contribution >= 0.6 is 0 Å². The molecule has 0 atom stereocenters. The Morgan fingerprint density at radius 1 is 1.33 bits per heavy atom. The van der Waals surface area contributed by atoms with Crippen LogP contribution in [0.15, 0.2) is 12.7 Å². The van der Waals surface area contributed by atoms with Gasteiger partial charge in [0.1, 0.15) is 0 Å². The molecule has 0 bridgehead atoms. The number of hydrogen-bond donors (Lipinski definition) is 3. The van der Waals surface area contributed by atoms with Crippen LogP contribution in [0, 0.1) is 0 Å². The highest BCUT2D eigenvalue weighted by atomic mass is 16.5. The average Bonchev–Trinajstić information content (AvgIpc) is 2.35. The lowest BCUT2D eigenvalue weighted by molar-refractivity contribution is -0.152. The van der Waals surface area contributed by atoms with Gasteiger partial charge in [-0.3, -0.25) is 0 Å². The van der Waals surface area contributed by atoms with Gasteiger partial charge in [-0.25, -0.2) is 4.79 Å². The van der Waals surface area contributed by atoms with Gasteiger partial charge < -0.3 is 15.3 Å². The molecule has 1 aliphatic rings. The van der Waals surface area contributed by atoms with Crippen molar-refractivity contribution in [3.8, 4) is 0 Å². The Balaban J connectivity index is 0.000000217. The van der Waals surface area contributed by atoms with Crippen LogP contribution < -0.4 is 0 Å². The minimum absolute atomic E-state index is 0.562. The molecule has 0 spiro atoms. The molecular formula is C8H14O4. The van der Waals surface area contributed by atoms with Crippen LogP contribution in [0.2, 0.25) is 0 Å². The largest absolute Gasteiger partial charge is 0.478 e. The number of carboxylic acid groups (broad SMARTS) is 1. The summed E-state index contributed by atoms with van der Waals surface area (Å²) in [6, 6.07) is 0. The molecule has 1 aliphatic carbocycles. The molecule has 0 unspecified atom stereocenters.